The molecule has 4 rings (SSSR count). The number of nitrogens with zero attached hydrogens (tertiary/aromatic N) is 5. The molecule has 0 bridgehead atoms. The van der Waals surface area contributed by atoms with Crippen LogP contribution in [-0.4, -0.2) is 32.0 Å². The van der Waals surface area contributed by atoms with E-state index in [9.17, 15) is 0 Å². The molecule has 7 nitrogen and oxygen atoms in total. The third-order valence-corrected chi connectivity index (χ3v) is 4.12. The Kier molecular flexibility index (Phi) is 3.36. The highest BCUT2D eigenvalue weighted by atomic mass is 32.2. The van der Waals surface area contributed by atoms with Crippen LogP contribution in [0.5, 0.6) is 11.5 Å². The molecule has 0 saturated carbocycles. The third-order valence-electron chi connectivity index (χ3n) is 3.13. The van der Waals surface area contributed by atoms with E-state index in [1.165, 1.54) is 0 Å². The Morgan fingerprint density at radius 1 is 1.18 bits per heavy atom. The summed E-state index contributed by atoms with van der Waals surface area (Å²) in [5.41, 5.74) is 1.95. The van der Waals surface area contributed by atoms with Gasteiger partial charge in [-0.05, 0) is 34.2 Å². The lowest BCUT2D eigenvalue weighted by Crippen LogP contribution is -1.99. The highest BCUT2D eigenvalue weighted by Gasteiger charge is 2.16. The summed E-state index contributed by atoms with van der Waals surface area (Å²) in [4.78, 5) is 4.10. The van der Waals surface area contributed by atoms with Crippen LogP contribution in [-0.2, 0) is 5.75 Å². The number of fused-ring (bicyclic) bond motifs is 1. The molecule has 110 valence electrons. The maximum Gasteiger partial charge on any atom is 0.231 e. The Morgan fingerprint density at radius 2 is 2.14 bits per heavy atom. The zero-order valence-corrected chi connectivity index (χ0v) is 12.2. The molecule has 1 aliphatic heterocycles. The average molecular weight is 313 g/mol. The Hall–Kier alpha value is -2.61. The molecule has 0 N–H and O–H groups in total. The van der Waals surface area contributed by atoms with Gasteiger partial charge in [-0.25, -0.2) is 0 Å². The molecule has 0 radical (unpaired) electrons. The summed E-state index contributed by atoms with van der Waals surface area (Å²) in [5, 5.41) is 12.6. The normalized spacial score (nSPS) is 12.5. The summed E-state index contributed by atoms with van der Waals surface area (Å²) in [6.07, 6.45) is 3.59. The fourth-order valence-electron chi connectivity index (χ4n) is 2.08. The maximum absolute atomic E-state index is 5.39. The van der Waals surface area contributed by atoms with Crippen molar-refractivity contribution in [3.05, 3.63) is 48.3 Å². The van der Waals surface area contributed by atoms with Crippen LogP contribution in [0.25, 0.3) is 5.69 Å². The molecule has 0 unspecified atom stereocenters. The molecule has 0 amide bonds. The number of tetrazole rings is 1. The highest BCUT2D eigenvalue weighted by Crippen LogP contribution is 2.34. The number of aromatic nitrogens is 5. The second-order valence-electron chi connectivity index (χ2n) is 4.56. The molecule has 2 aromatic heterocycles. The van der Waals surface area contributed by atoms with Crippen molar-refractivity contribution >= 4 is 11.8 Å². The number of rotatable bonds is 4. The van der Waals surface area contributed by atoms with Crippen LogP contribution in [0.3, 0.4) is 0 Å². The molecule has 0 saturated heterocycles. The zero-order valence-electron chi connectivity index (χ0n) is 11.4. The quantitative estimate of drug-likeness (QED) is 0.683. The van der Waals surface area contributed by atoms with E-state index in [0.717, 1.165) is 22.8 Å². The molecular weight excluding hydrogens is 302 g/mol. The van der Waals surface area contributed by atoms with E-state index < -0.39 is 0 Å². The number of pyridine rings is 1. The first-order chi connectivity index (χ1) is 10.9. The molecule has 1 aromatic carbocycles. The van der Waals surface area contributed by atoms with Gasteiger partial charge >= 0.3 is 0 Å². The van der Waals surface area contributed by atoms with E-state index in [2.05, 4.69) is 20.5 Å². The van der Waals surface area contributed by atoms with E-state index in [-0.39, 0.29) is 6.79 Å². The summed E-state index contributed by atoms with van der Waals surface area (Å²) in [5.74, 6) is 2.19. The minimum absolute atomic E-state index is 0.247. The second kappa shape index (κ2) is 5.64. The fourth-order valence-corrected chi connectivity index (χ4v) is 2.90. The largest absolute Gasteiger partial charge is 0.454 e. The van der Waals surface area contributed by atoms with E-state index in [4.69, 9.17) is 9.47 Å². The zero-order chi connectivity index (χ0) is 14.8. The van der Waals surface area contributed by atoms with Crippen molar-refractivity contribution in [2.75, 3.05) is 6.79 Å². The van der Waals surface area contributed by atoms with E-state index in [1.807, 2.05) is 36.5 Å². The monoisotopic (exact) mass is 313 g/mol. The predicted molar refractivity (Wildman–Crippen MR) is 79.1 cm³/mol. The summed E-state index contributed by atoms with van der Waals surface area (Å²) >= 11 is 1.55. The van der Waals surface area contributed by atoms with Crippen LogP contribution in [0.4, 0.5) is 0 Å². The minimum atomic E-state index is 0.247. The smallest absolute Gasteiger partial charge is 0.231 e. The second-order valence-corrected chi connectivity index (χ2v) is 5.50. The molecule has 0 spiro atoms. The van der Waals surface area contributed by atoms with Crippen LogP contribution in [0.1, 0.15) is 5.56 Å². The van der Waals surface area contributed by atoms with Gasteiger partial charge in [0.2, 0.25) is 11.9 Å². The van der Waals surface area contributed by atoms with Crippen LogP contribution in [0, 0.1) is 0 Å². The lowest BCUT2D eigenvalue weighted by Gasteiger charge is -2.05. The highest BCUT2D eigenvalue weighted by molar-refractivity contribution is 7.98. The standard InChI is InChI=1S/C14H11N5O2S/c1-2-10(7-15-5-1)8-22-14-16-17-18-19(14)11-3-4-12-13(6-11)21-9-20-12/h1-7H,8-9H2. The average Bonchev–Trinajstić information content (AvgIpc) is 3.22. The van der Waals surface area contributed by atoms with Gasteiger partial charge in [-0.15, -0.1) is 5.10 Å². The maximum atomic E-state index is 5.39. The van der Waals surface area contributed by atoms with Crippen LogP contribution in [0.15, 0.2) is 47.9 Å². The van der Waals surface area contributed by atoms with Gasteiger partial charge in [0.25, 0.3) is 0 Å². The first-order valence-electron chi connectivity index (χ1n) is 6.60. The number of ether oxygens (including phenoxy) is 2. The molecule has 22 heavy (non-hydrogen) atoms. The van der Waals surface area contributed by atoms with Crippen molar-refractivity contribution < 1.29 is 9.47 Å². The van der Waals surface area contributed by atoms with Gasteiger partial charge in [0, 0.05) is 24.2 Å². The Morgan fingerprint density at radius 3 is 3.05 bits per heavy atom. The third kappa shape index (κ3) is 2.48. The molecule has 8 heteroatoms. The summed E-state index contributed by atoms with van der Waals surface area (Å²) in [6.45, 7) is 0.247. The van der Waals surface area contributed by atoms with Crippen LogP contribution in [0.2, 0.25) is 0 Å². The van der Waals surface area contributed by atoms with E-state index in [0.29, 0.717) is 10.9 Å². The fraction of sp³-hybridized carbons (Fsp3) is 0.143. The van der Waals surface area contributed by atoms with Crippen molar-refractivity contribution in [3.8, 4) is 17.2 Å². The van der Waals surface area contributed by atoms with Crippen molar-refractivity contribution in [2.45, 2.75) is 10.9 Å². The van der Waals surface area contributed by atoms with Crippen LogP contribution >= 0.6 is 11.8 Å². The first kappa shape index (κ1) is 13.1. The van der Waals surface area contributed by atoms with Gasteiger partial charge in [0.05, 0.1) is 5.69 Å². The van der Waals surface area contributed by atoms with Gasteiger partial charge in [0.15, 0.2) is 11.5 Å². The van der Waals surface area contributed by atoms with Crippen molar-refractivity contribution in [2.24, 2.45) is 0 Å². The van der Waals surface area contributed by atoms with Gasteiger partial charge in [0.1, 0.15) is 0 Å². The van der Waals surface area contributed by atoms with Gasteiger partial charge in [-0.1, -0.05) is 17.8 Å². The predicted octanol–water partition coefficient (Wildman–Crippen LogP) is 2.08. The topological polar surface area (TPSA) is 75.0 Å². The summed E-state index contributed by atoms with van der Waals surface area (Å²) in [7, 11) is 0. The number of benzene rings is 1. The Labute approximate surface area is 130 Å². The molecule has 0 atom stereocenters. The Balaban J connectivity index is 1.57. The lowest BCUT2D eigenvalue weighted by atomic mass is 10.3. The number of hydrogen-bond donors (Lipinski definition) is 0. The first-order valence-corrected chi connectivity index (χ1v) is 7.59. The molecule has 0 fully saturated rings. The van der Waals surface area contributed by atoms with Crippen molar-refractivity contribution in [3.63, 3.8) is 0 Å². The van der Waals surface area contributed by atoms with Crippen molar-refractivity contribution in [1.82, 2.24) is 25.2 Å². The van der Waals surface area contributed by atoms with Gasteiger partial charge < -0.3 is 9.47 Å². The van der Waals surface area contributed by atoms with Crippen LogP contribution < -0.4 is 9.47 Å². The summed E-state index contributed by atoms with van der Waals surface area (Å²) in [6, 6.07) is 9.56. The molecule has 3 heterocycles. The SMILES string of the molecule is c1cncc(CSc2nnnn2-c2ccc3c(c2)OCO3)c1. The van der Waals surface area contributed by atoms with Gasteiger partial charge in [-0.3, -0.25) is 4.98 Å². The van der Waals surface area contributed by atoms with Gasteiger partial charge in [-0.2, -0.15) is 4.68 Å². The molecule has 3 aromatic rings. The molecular formula is C14H11N5O2S. The van der Waals surface area contributed by atoms with E-state index >= 15 is 0 Å². The van der Waals surface area contributed by atoms with E-state index in [1.54, 1.807) is 22.6 Å². The number of hydrogen-bond acceptors (Lipinski definition) is 7. The van der Waals surface area contributed by atoms with Crippen molar-refractivity contribution in [1.29, 1.82) is 0 Å². The molecule has 1 aliphatic rings. The minimum Gasteiger partial charge on any atom is -0.454 e. The summed E-state index contributed by atoms with van der Waals surface area (Å²) < 4.78 is 12.4. The Bertz CT molecular complexity index is 793. The molecule has 0 aliphatic carbocycles. The number of thioether (sulfide) groups is 1. The lowest BCUT2D eigenvalue weighted by molar-refractivity contribution is 0.174.